The average Bonchev–Trinajstić information content (AvgIpc) is 2.76. The molecule has 0 aliphatic carbocycles. The Kier molecular flexibility index (Phi) is 2.53. The molecule has 0 aliphatic heterocycles. The highest BCUT2D eigenvalue weighted by atomic mass is 16.5. The maximum absolute atomic E-state index is 5.10. The number of hydrogen-bond donors (Lipinski definition) is 0. The summed E-state index contributed by atoms with van der Waals surface area (Å²) in [7, 11) is 0. The highest BCUT2D eigenvalue weighted by Gasteiger charge is 2.10. The lowest BCUT2D eigenvalue weighted by atomic mass is 10.2. The van der Waals surface area contributed by atoms with Crippen molar-refractivity contribution in [1.82, 2.24) is 19.9 Å². The van der Waals surface area contributed by atoms with Gasteiger partial charge in [0.15, 0.2) is 5.82 Å². The van der Waals surface area contributed by atoms with Crippen LogP contribution in [0.5, 0.6) is 0 Å². The lowest BCUT2D eigenvalue weighted by molar-refractivity contribution is 0.359. The molecule has 2 rings (SSSR count). The van der Waals surface area contributed by atoms with Gasteiger partial charge in [0.2, 0.25) is 5.89 Å². The van der Waals surface area contributed by atoms with Crippen LogP contribution in [-0.2, 0) is 6.54 Å². The van der Waals surface area contributed by atoms with Gasteiger partial charge in [-0.1, -0.05) is 19.0 Å². The van der Waals surface area contributed by atoms with Gasteiger partial charge in [-0.05, 0) is 13.0 Å². The van der Waals surface area contributed by atoms with Gasteiger partial charge in [0.05, 0.1) is 5.69 Å². The van der Waals surface area contributed by atoms with Crippen LogP contribution in [0.2, 0.25) is 0 Å². The second-order valence-corrected chi connectivity index (χ2v) is 3.86. The second-order valence-electron chi connectivity index (χ2n) is 3.86. The molecule has 5 heteroatoms. The molecular formula is C10H14N4O. The predicted octanol–water partition coefficient (Wildman–Crippen LogP) is 1.75. The first kappa shape index (κ1) is 9.89. The Morgan fingerprint density at radius 1 is 1.47 bits per heavy atom. The van der Waals surface area contributed by atoms with Gasteiger partial charge in [-0.25, -0.2) is 0 Å². The standard InChI is InChI=1S/C10H14N4O/c1-7(2)10-11-9(13-15-10)6-14-5-4-8(3)12-14/h4-5,7H,6H2,1-3H3. The van der Waals surface area contributed by atoms with Crippen molar-refractivity contribution < 1.29 is 4.52 Å². The first-order chi connectivity index (χ1) is 7.15. The number of aryl methyl sites for hydroxylation is 1. The summed E-state index contributed by atoms with van der Waals surface area (Å²) in [5, 5.41) is 8.15. The normalized spacial score (nSPS) is 11.2. The summed E-state index contributed by atoms with van der Waals surface area (Å²) in [5.74, 6) is 1.61. The van der Waals surface area contributed by atoms with Crippen molar-refractivity contribution in [2.24, 2.45) is 0 Å². The van der Waals surface area contributed by atoms with Crippen molar-refractivity contribution in [2.45, 2.75) is 33.2 Å². The van der Waals surface area contributed by atoms with Gasteiger partial charge in [-0.15, -0.1) is 0 Å². The molecule has 5 nitrogen and oxygen atoms in total. The molecule has 0 N–H and O–H groups in total. The highest BCUT2D eigenvalue weighted by molar-refractivity contribution is 4.97. The molecule has 15 heavy (non-hydrogen) atoms. The average molecular weight is 206 g/mol. The minimum atomic E-state index is 0.269. The van der Waals surface area contributed by atoms with E-state index in [-0.39, 0.29) is 5.92 Å². The third kappa shape index (κ3) is 2.23. The van der Waals surface area contributed by atoms with Crippen LogP contribution in [0.15, 0.2) is 16.8 Å². The minimum absolute atomic E-state index is 0.269. The lowest BCUT2D eigenvalue weighted by Gasteiger charge is -1.94. The number of aromatic nitrogens is 4. The fourth-order valence-corrected chi connectivity index (χ4v) is 1.26. The summed E-state index contributed by atoms with van der Waals surface area (Å²) >= 11 is 0. The van der Waals surface area contributed by atoms with Crippen molar-refractivity contribution in [3.8, 4) is 0 Å². The molecule has 0 bridgehead atoms. The Morgan fingerprint density at radius 3 is 2.80 bits per heavy atom. The van der Waals surface area contributed by atoms with Crippen molar-refractivity contribution in [3.63, 3.8) is 0 Å². The van der Waals surface area contributed by atoms with Crippen LogP contribution in [-0.4, -0.2) is 19.9 Å². The maximum Gasteiger partial charge on any atom is 0.229 e. The van der Waals surface area contributed by atoms with E-state index in [1.807, 2.05) is 33.0 Å². The zero-order valence-corrected chi connectivity index (χ0v) is 9.14. The number of rotatable bonds is 3. The monoisotopic (exact) mass is 206 g/mol. The van der Waals surface area contributed by atoms with E-state index >= 15 is 0 Å². The summed E-state index contributed by atoms with van der Waals surface area (Å²) in [4.78, 5) is 4.28. The van der Waals surface area contributed by atoms with Crippen molar-refractivity contribution in [1.29, 1.82) is 0 Å². The van der Waals surface area contributed by atoms with Crippen LogP contribution >= 0.6 is 0 Å². The largest absolute Gasteiger partial charge is 0.339 e. The van der Waals surface area contributed by atoms with Gasteiger partial charge in [0.25, 0.3) is 0 Å². The van der Waals surface area contributed by atoms with Crippen LogP contribution < -0.4 is 0 Å². The molecular weight excluding hydrogens is 192 g/mol. The molecule has 0 radical (unpaired) electrons. The van der Waals surface area contributed by atoms with E-state index < -0.39 is 0 Å². The summed E-state index contributed by atoms with van der Waals surface area (Å²) in [5.41, 5.74) is 0.988. The Bertz CT molecular complexity index is 444. The van der Waals surface area contributed by atoms with Gasteiger partial charge >= 0.3 is 0 Å². The molecule has 0 saturated carbocycles. The maximum atomic E-state index is 5.10. The SMILES string of the molecule is Cc1ccn(Cc2noc(C(C)C)n2)n1. The van der Waals surface area contributed by atoms with Crippen molar-refractivity contribution in [3.05, 3.63) is 29.7 Å². The van der Waals surface area contributed by atoms with E-state index in [1.165, 1.54) is 0 Å². The summed E-state index contributed by atoms with van der Waals surface area (Å²) in [6.07, 6.45) is 1.90. The summed E-state index contributed by atoms with van der Waals surface area (Å²) < 4.78 is 6.90. The van der Waals surface area contributed by atoms with Crippen LogP contribution in [0.3, 0.4) is 0 Å². The van der Waals surface area contributed by atoms with E-state index in [2.05, 4.69) is 15.2 Å². The molecule has 2 aromatic rings. The number of nitrogens with zero attached hydrogens (tertiary/aromatic N) is 4. The highest BCUT2D eigenvalue weighted by Crippen LogP contribution is 2.11. The smallest absolute Gasteiger partial charge is 0.229 e. The Hall–Kier alpha value is -1.65. The van der Waals surface area contributed by atoms with Crippen LogP contribution in [0, 0.1) is 6.92 Å². The first-order valence-corrected chi connectivity index (χ1v) is 4.97. The zero-order valence-electron chi connectivity index (χ0n) is 9.14. The van der Waals surface area contributed by atoms with Crippen LogP contribution in [0.25, 0.3) is 0 Å². The van der Waals surface area contributed by atoms with E-state index in [0.717, 1.165) is 5.69 Å². The van der Waals surface area contributed by atoms with E-state index in [4.69, 9.17) is 4.52 Å². The third-order valence-electron chi connectivity index (χ3n) is 2.06. The molecule has 2 aromatic heterocycles. The fraction of sp³-hybridized carbons (Fsp3) is 0.500. The molecule has 0 spiro atoms. The molecule has 0 fully saturated rings. The van der Waals surface area contributed by atoms with Crippen LogP contribution in [0.1, 0.15) is 37.2 Å². The first-order valence-electron chi connectivity index (χ1n) is 4.97. The fourth-order valence-electron chi connectivity index (χ4n) is 1.26. The van der Waals surface area contributed by atoms with Gasteiger partial charge in [0.1, 0.15) is 6.54 Å². The van der Waals surface area contributed by atoms with E-state index in [1.54, 1.807) is 4.68 Å². The van der Waals surface area contributed by atoms with E-state index in [9.17, 15) is 0 Å². The molecule has 0 amide bonds. The Labute approximate surface area is 88.1 Å². The molecule has 0 aromatic carbocycles. The van der Waals surface area contributed by atoms with Crippen LogP contribution in [0.4, 0.5) is 0 Å². The summed E-state index contributed by atoms with van der Waals surface area (Å²) in [6, 6.07) is 1.95. The van der Waals surface area contributed by atoms with Gasteiger partial charge in [0, 0.05) is 12.1 Å². The minimum Gasteiger partial charge on any atom is -0.339 e. The Balaban J connectivity index is 2.11. The molecule has 0 atom stereocenters. The van der Waals surface area contributed by atoms with Crippen molar-refractivity contribution in [2.75, 3.05) is 0 Å². The predicted molar refractivity (Wildman–Crippen MR) is 54.5 cm³/mol. The molecule has 0 aliphatic rings. The quantitative estimate of drug-likeness (QED) is 0.767. The van der Waals surface area contributed by atoms with Gasteiger partial charge in [-0.2, -0.15) is 10.1 Å². The lowest BCUT2D eigenvalue weighted by Crippen LogP contribution is -2.02. The van der Waals surface area contributed by atoms with Gasteiger partial charge in [-0.3, -0.25) is 4.68 Å². The molecule has 80 valence electrons. The molecule has 0 unspecified atom stereocenters. The van der Waals surface area contributed by atoms with Gasteiger partial charge < -0.3 is 4.52 Å². The molecule has 0 saturated heterocycles. The number of hydrogen-bond acceptors (Lipinski definition) is 4. The molecule has 2 heterocycles. The zero-order chi connectivity index (χ0) is 10.8. The third-order valence-corrected chi connectivity index (χ3v) is 2.06. The second kappa shape index (κ2) is 3.84. The van der Waals surface area contributed by atoms with Crippen molar-refractivity contribution >= 4 is 0 Å². The van der Waals surface area contributed by atoms with E-state index in [0.29, 0.717) is 18.3 Å². The Morgan fingerprint density at radius 2 is 2.27 bits per heavy atom. The topological polar surface area (TPSA) is 56.7 Å². The summed E-state index contributed by atoms with van der Waals surface area (Å²) in [6.45, 7) is 6.56.